The van der Waals surface area contributed by atoms with Crippen molar-refractivity contribution in [3.8, 4) is 0 Å². The fourth-order valence-corrected chi connectivity index (χ4v) is 1.61. The topological polar surface area (TPSA) is 41.3 Å². The van der Waals surface area contributed by atoms with Crippen LogP contribution in [0.4, 0.5) is 11.4 Å². The van der Waals surface area contributed by atoms with Crippen LogP contribution in [-0.2, 0) is 0 Å². The average molecular weight is 287 g/mol. The minimum absolute atomic E-state index is 0. The second-order valence-corrected chi connectivity index (χ2v) is 3.33. The highest BCUT2D eigenvalue weighted by atomic mass is 35.5. The van der Waals surface area contributed by atoms with Crippen LogP contribution in [0.15, 0.2) is 24.3 Å². The van der Waals surface area contributed by atoms with E-state index in [4.69, 9.17) is 5.73 Å². The molecule has 1 aromatic carbocycles. The first-order valence-electron chi connectivity index (χ1n) is 4.67. The van der Waals surface area contributed by atoms with Crippen molar-refractivity contribution in [3.63, 3.8) is 0 Å². The van der Waals surface area contributed by atoms with E-state index in [-0.39, 0.29) is 37.2 Å². The summed E-state index contributed by atoms with van der Waals surface area (Å²) in [7, 11) is 0. The Kier molecular flexibility index (Phi) is 9.87. The van der Waals surface area contributed by atoms with Gasteiger partial charge in [-0.15, -0.1) is 37.2 Å². The molecule has 1 aliphatic heterocycles. The molecule has 2 rings (SSSR count). The monoisotopic (exact) mass is 285 g/mol. The van der Waals surface area contributed by atoms with Gasteiger partial charge in [-0.2, -0.15) is 0 Å². The molecular weight excluding hydrogens is 268 g/mol. The Bertz CT molecular complexity index is 273. The summed E-state index contributed by atoms with van der Waals surface area (Å²) in [6.07, 6.45) is 0. The molecule has 6 heteroatoms. The van der Waals surface area contributed by atoms with Crippen molar-refractivity contribution >= 4 is 48.6 Å². The molecule has 0 unspecified atom stereocenters. The van der Waals surface area contributed by atoms with Gasteiger partial charge in [0.1, 0.15) is 0 Å². The lowest BCUT2D eigenvalue weighted by Gasteiger charge is -2.29. The van der Waals surface area contributed by atoms with Crippen molar-refractivity contribution in [2.24, 2.45) is 0 Å². The first-order valence-corrected chi connectivity index (χ1v) is 4.67. The first-order chi connectivity index (χ1) is 6.36. The van der Waals surface area contributed by atoms with Crippen LogP contribution >= 0.6 is 37.2 Å². The van der Waals surface area contributed by atoms with Gasteiger partial charge in [0.15, 0.2) is 0 Å². The maximum atomic E-state index is 5.63. The summed E-state index contributed by atoms with van der Waals surface area (Å²) < 4.78 is 0. The van der Waals surface area contributed by atoms with Gasteiger partial charge in [-0.05, 0) is 24.3 Å². The van der Waals surface area contributed by atoms with Crippen LogP contribution in [0.5, 0.6) is 0 Å². The van der Waals surface area contributed by atoms with Gasteiger partial charge in [0, 0.05) is 37.6 Å². The van der Waals surface area contributed by atoms with Crippen molar-refractivity contribution in [2.75, 3.05) is 36.8 Å². The summed E-state index contributed by atoms with van der Waals surface area (Å²) in [5, 5.41) is 3.33. The number of nitrogens with one attached hydrogen (secondary N) is 1. The largest absolute Gasteiger partial charge is 0.399 e. The third-order valence-corrected chi connectivity index (χ3v) is 2.38. The Hall–Kier alpha value is -0.350. The molecule has 94 valence electrons. The predicted octanol–water partition coefficient (Wildman–Crippen LogP) is 1.94. The zero-order valence-electron chi connectivity index (χ0n) is 8.89. The van der Waals surface area contributed by atoms with E-state index in [1.807, 2.05) is 12.1 Å². The number of nitrogen functional groups attached to an aromatic ring is 1. The predicted molar refractivity (Wildman–Crippen MR) is 77.7 cm³/mol. The number of rotatable bonds is 1. The van der Waals surface area contributed by atoms with E-state index in [1.165, 1.54) is 5.69 Å². The minimum Gasteiger partial charge on any atom is -0.399 e. The highest BCUT2D eigenvalue weighted by molar-refractivity contribution is 5.86. The molecule has 0 amide bonds. The van der Waals surface area contributed by atoms with Gasteiger partial charge in [-0.25, -0.2) is 0 Å². The van der Waals surface area contributed by atoms with Crippen LogP contribution in [0, 0.1) is 0 Å². The number of anilines is 2. The molecule has 0 bridgehead atoms. The van der Waals surface area contributed by atoms with Crippen LogP contribution in [0.1, 0.15) is 0 Å². The van der Waals surface area contributed by atoms with Crippen LogP contribution in [0.3, 0.4) is 0 Å². The minimum atomic E-state index is 0. The van der Waals surface area contributed by atoms with Gasteiger partial charge in [-0.1, -0.05) is 0 Å². The molecule has 1 aromatic rings. The maximum Gasteiger partial charge on any atom is 0.0368 e. The molecule has 0 aliphatic carbocycles. The number of benzene rings is 1. The number of nitrogens with two attached hydrogens (primary N) is 1. The lowest BCUT2D eigenvalue weighted by molar-refractivity contribution is 0.589. The standard InChI is InChI=1S/C10H15N3.3ClH/c11-9-1-3-10(4-2-9)13-7-5-12-6-8-13;;;/h1-4,12H,5-8,11H2;3*1H. The number of hydrogen-bond acceptors (Lipinski definition) is 3. The van der Waals surface area contributed by atoms with E-state index >= 15 is 0 Å². The van der Waals surface area contributed by atoms with E-state index in [2.05, 4.69) is 22.3 Å². The molecule has 1 heterocycles. The smallest absolute Gasteiger partial charge is 0.0368 e. The number of halogens is 3. The number of piperazine rings is 1. The van der Waals surface area contributed by atoms with E-state index in [0.717, 1.165) is 31.9 Å². The molecule has 0 aromatic heterocycles. The zero-order chi connectivity index (χ0) is 9.10. The Morgan fingerprint density at radius 2 is 1.44 bits per heavy atom. The van der Waals surface area contributed by atoms with Crippen LogP contribution < -0.4 is 16.0 Å². The van der Waals surface area contributed by atoms with Gasteiger partial charge in [0.2, 0.25) is 0 Å². The summed E-state index contributed by atoms with van der Waals surface area (Å²) >= 11 is 0. The maximum absolute atomic E-state index is 5.63. The van der Waals surface area contributed by atoms with Crippen molar-refractivity contribution < 1.29 is 0 Å². The van der Waals surface area contributed by atoms with Crippen molar-refractivity contribution in [2.45, 2.75) is 0 Å². The number of nitrogens with zero attached hydrogens (tertiary/aromatic N) is 1. The Morgan fingerprint density at radius 3 is 1.94 bits per heavy atom. The van der Waals surface area contributed by atoms with Crippen molar-refractivity contribution in [3.05, 3.63) is 24.3 Å². The molecule has 0 radical (unpaired) electrons. The second-order valence-electron chi connectivity index (χ2n) is 3.33. The quantitative estimate of drug-likeness (QED) is 0.775. The van der Waals surface area contributed by atoms with E-state index in [9.17, 15) is 0 Å². The number of hydrogen-bond donors (Lipinski definition) is 2. The van der Waals surface area contributed by atoms with Gasteiger partial charge < -0.3 is 16.0 Å². The van der Waals surface area contributed by atoms with Crippen LogP contribution in [0.2, 0.25) is 0 Å². The van der Waals surface area contributed by atoms with Crippen LogP contribution in [0.25, 0.3) is 0 Å². The molecule has 0 atom stereocenters. The molecule has 1 saturated heterocycles. The molecule has 0 saturated carbocycles. The normalized spacial score (nSPS) is 14.1. The molecular formula is C10H18Cl3N3. The lowest BCUT2D eigenvalue weighted by Crippen LogP contribution is -2.43. The molecule has 3 N–H and O–H groups in total. The highest BCUT2D eigenvalue weighted by Gasteiger charge is 2.09. The summed E-state index contributed by atoms with van der Waals surface area (Å²) in [6.45, 7) is 4.32. The second kappa shape index (κ2) is 8.76. The SMILES string of the molecule is Cl.Cl.Cl.Nc1ccc(N2CCNCC2)cc1. The first kappa shape index (κ1) is 18.0. The summed E-state index contributed by atoms with van der Waals surface area (Å²) in [5.41, 5.74) is 7.73. The van der Waals surface area contributed by atoms with Gasteiger partial charge in [0.25, 0.3) is 0 Å². The third-order valence-electron chi connectivity index (χ3n) is 2.38. The van der Waals surface area contributed by atoms with E-state index in [1.54, 1.807) is 0 Å². The summed E-state index contributed by atoms with van der Waals surface area (Å²) in [5.74, 6) is 0. The van der Waals surface area contributed by atoms with E-state index < -0.39 is 0 Å². The average Bonchev–Trinajstić information content (AvgIpc) is 2.20. The Balaban J connectivity index is 0. The van der Waals surface area contributed by atoms with Gasteiger partial charge >= 0.3 is 0 Å². The molecule has 3 nitrogen and oxygen atoms in total. The third kappa shape index (κ3) is 4.66. The van der Waals surface area contributed by atoms with Crippen LogP contribution in [-0.4, -0.2) is 26.2 Å². The van der Waals surface area contributed by atoms with Gasteiger partial charge in [0.05, 0.1) is 0 Å². The Morgan fingerprint density at radius 1 is 0.938 bits per heavy atom. The molecule has 1 aliphatic rings. The van der Waals surface area contributed by atoms with Crippen molar-refractivity contribution in [1.29, 1.82) is 0 Å². The fourth-order valence-electron chi connectivity index (χ4n) is 1.61. The van der Waals surface area contributed by atoms with Crippen molar-refractivity contribution in [1.82, 2.24) is 5.32 Å². The summed E-state index contributed by atoms with van der Waals surface area (Å²) in [4.78, 5) is 2.37. The fraction of sp³-hybridized carbons (Fsp3) is 0.400. The highest BCUT2D eigenvalue weighted by Crippen LogP contribution is 2.16. The molecule has 0 spiro atoms. The molecule has 16 heavy (non-hydrogen) atoms. The zero-order valence-corrected chi connectivity index (χ0v) is 11.3. The Labute approximate surface area is 115 Å². The lowest BCUT2D eigenvalue weighted by atomic mass is 10.2. The van der Waals surface area contributed by atoms with Gasteiger partial charge in [-0.3, -0.25) is 0 Å². The summed E-state index contributed by atoms with van der Waals surface area (Å²) in [6, 6.07) is 8.08. The molecule has 1 fully saturated rings. The van der Waals surface area contributed by atoms with E-state index in [0.29, 0.717) is 0 Å².